The van der Waals surface area contributed by atoms with Crippen molar-refractivity contribution in [1.29, 1.82) is 0 Å². The maximum atomic E-state index is 12.9. The van der Waals surface area contributed by atoms with E-state index in [1.807, 2.05) is 24.3 Å². The summed E-state index contributed by atoms with van der Waals surface area (Å²) in [7, 11) is 0. The number of morpholine rings is 1. The van der Waals surface area contributed by atoms with Crippen LogP contribution in [0.2, 0.25) is 0 Å². The summed E-state index contributed by atoms with van der Waals surface area (Å²) in [6.45, 7) is 1.67. The van der Waals surface area contributed by atoms with Crippen molar-refractivity contribution in [2.45, 2.75) is 24.8 Å². The van der Waals surface area contributed by atoms with Crippen molar-refractivity contribution in [1.82, 2.24) is 10.2 Å². The summed E-state index contributed by atoms with van der Waals surface area (Å²) in [5, 5.41) is 11.9. The van der Waals surface area contributed by atoms with Gasteiger partial charge in [0, 0.05) is 24.9 Å². The van der Waals surface area contributed by atoms with Gasteiger partial charge in [-0.05, 0) is 34.6 Å². The van der Waals surface area contributed by atoms with Crippen LogP contribution >= 0.6 is 0 Å². The van der Waals surface area contributed by atoms with Gasteiger partial charge in [-0.25, -0.2) is 4.79 Å². The number of fused-ring (bicyclic) bond motifs is 3. The minimum atomic E-state index is -0.947. The van der Waals surface area contributed by atoms with E-state index in [9.17, 15) is 14.4 Å². The number of aliphatic carboxylic acids is 1. The Hall–Kier alpha value is -3.39. The fourth-order valence-corrected chi connectivity index (χ4v) is 5.17. The van der Waals surface area contributed by atoms with Gasteiger partial charge in [0.25, 0.3) is 0 Å². The molecule has 2 aliphatic carbocycles. The Kier molecular flexibility index (Phi) is 6.24. The van der Waals surface area contributed by atoms with E-state index in [4.69, 9.17) is 14.6 Å². The minimum absolute atomic E-state index is 0.000824. The van der Waals surface area contributed by atoms with Gasteiger partial charge in [0.1, 0.15) is 6.61 Å². The van der Waals surface area contributed by atoms with E-state index in [2.05, 4.69) is 29.6 Å². The van der Waals surface area contributed by atoms with Crippen LogP contribution in [-0.2, 0) is 19.1 Å². The van der Waals surface area contributed by atoms with Gasteiger partial charge in [0.2, 0.25) is 5.91 Å². The van der Waals surface area contributed by atoms with Gasteiger partial charge in [-0.1, -0.05) is 48.5 Å². The SMILES string of the molecule is O=C(O)CC1COCCN1C(=O)C1CC1CNC(=O)OCC1c2ccccc2-c2ccccc21. The van der Waals surface area contributed by atoms with Crippen molar-refractivity contribution in [3.05, 3.63) is 59.7 Å². The molecule has 0 aromatic heterocycles. The Labute approximate surface area is 197 Å². The quantitative estimate of drug-likeness (QED) is 0.653. The molecule has 2 aromatic carbocycles. The number of carboxylic acid groups (broad SMARTS) is 1. The van der Waals surface area contributed by atoms with E-state index in [1.54, 1.807) is 4.90 Å². The van der Waals surface area contributed by atoms with Crippen LogP contribution in [0.25, 0.3) is 11.1 Å². The minimum Gasteiger partial charge on any atom is -0.481 e. The van der Waals surface area contributed by atoms with Crippen molar-refractivity contribution < 1.29 is 29.0 Å². The molecule has 2 fully saturated rings. The number of rotatable bonds is 7. The lowest BCUT2D eigenvalue weighted by atomic mass is 9.98. The molecular weight excluding hydrogens is 436 g/mol. The Morgan fingerprint density at radius 2 is 1.74 bits per heavy atom. The average molecular weight is 465 g/mol. The number of nitrogens with zero attached hydrogens (tertiary/aromatic N) is 1. The fourth-order valence-electron chi connectivity index (χ4n) is 5.17. The average Bonchev–Trinajstić information content (AvgIpc) is 3.56. The van der Waals surface area contributed by atoms with Gasteiger partial charge in [0.05, 0.1) is 25.7 Å². The van der Waals surface area contributed by atoms with Gasteiger partial charge in [-0.2, -0.15) is 0 Å². The van der Waals surface area contributed by atoms with Crippen LogP contribution in [0.5, 0.6) is 0 Å². The molecule has 5 rings (SSSR count). The Morgan fingerprint density at radius 1 is 1.06 bits per heavy atom. The van der Waals surface area contributed by atoms with Crippen LogP contribution < -0.4 is 5.32 Å². The lowest BCUT2D eigenvalue weighted by Gasteiger charge is -2.35. The van der Waals surface area contributed by atoms with E-state index in [-0.39, 0.29) is 43.3 Å². The highest BCUT2D eigenvalue weighted by atomic mass is 16.5. The Balaban J connectivity index is 1.11. The van der Waals surface area contributed by atoms with Crippen molar-refractivity contribution in [2.75, 3.05) is 32.9 Å². The van der Waals surface area contributed by atoms with Crippen molar-refractivity contribution in [2.24, 2.45) is 11.8 Å². The monoisotopic (exact) mass is 464 g/mol. The van der Waals surface area contributed by atoms with Gasteiger partial charge in [-0.15, -0.1) is 0 Å². The molecule has 1 aliphatic heterocycles. The molecule has 8 heteroatoms. The third kappa shape index (κ3) is 4.50. The van der Waals surface area contributed by atoms with Crippen molar-refractivity contribution in [3.63, 3.8) is 0 Å². The molecule has 3 unspecified atom stereocenters. The van der Waals surface area contributed by atoms with E-state index in [0.717, 1.165) is 11.1 Å². The van der Waals surface area contributed by atoms with E-state index < -0.39 is 18.1 Å². The third-order valence-electron chi connectivity index (χ3n) is 7.01. The molecule has 0 bridgehead atoms. The summed E-state index contributed by atoms with van der Waals surface area (Å²) >= 11 is 0. The molecule has 8 nitrogen and oxygen atoms in total. The molecule has 1 saturated carbocycles. The number of alkyl carbamates (subject to hydrolysis) is 1. The lowest BCUT2D eigenvalue weighted by Crippen LogP contribution is -2.50. The highest BCUT2D eigenvalue weighted by molar-refractivity contribution is 5.83. The van der Waals surface area contributed by atoms with Crippen LogP contribution in [0.1, 0.15) is 29.9 Å². The fraction of sp³-hybridized carbons (Fsp3) is 0.423. The zero-order valence-corrected chi connectivity index (χ0v) is 18.8. The zero-order valence-electron chi connectivity index (χ0n) is 18.8. The number of hydrogen-bond acceptors (Lipinski definition) is 5. The summed E-state index contributed by atoms with van der Waals surface area (Å²) in [6, 6.07) is 15.9. The number of carboxylic acids is 1. The maximum absolute atomic E-state index is 12.9. The summed E-state index contributed by atoms with van der Waals surface area (Å²) < 4.78 is 10.9. The molecule has 178 valence electrons. The highest BCUT2D eigenvalue weighted by Gasteiger charge is 2.46. The molecule has 1 saturated heterocycles. The number of nitrogens with one attached hydrogen (secondary N) is 1. The van der Waals surface area contributed by atoms with Gasteiger partial charge < -0.3 is 24.8 Å². The normalized spacial score (nSPS) is 23.1. The molecule has 2 amide bonds. The number of ether oxygens (including phenoxy) is 2. The first-order valence-electron chi connectivity index (χ1n) is 11.7. The smallest absolute Gasteiger partial charge is 0.407 e. The van der Waals surface area contributed by atoms with Crippen molar-refractivity contribution >= 4 is 18.0 Å². The van der Waals surface area contributed by atoms with E-state index in [0.29, 0.717) is 26.1 Å². The number of benzene rings is 2. The number of amides is 2. The number of carbonyl (C=O) groups excluding carboxylic acids is 2. The molecule has 2 aromatic rings. The Bertz CT molecular complexity index is 1060. The second-order valence-electron chi connectivity index (χ2n) is 9.17. The number of carbonyl (C=O) groups is 3. The predicted octanol–water partition coefficient (Wildman–Crippen LogP) is 2.86. The van der Waals surface area contributed by atoms with Gasteiger partial charge in [-0.3, -0.25) is 9.59 Å². The van der Waals surface area contributed by atoms with Crippen LogP contribution in [0, 0.1) is 11.8 Å². The second-order valence-corrected chi connectivity index (χ2v) is 9.17. The van der Waals surface area contributed by atoms with Gasteiger partial charge >= 0.3 is 12.1 Å². The summed E-state index contributed by atoms with van der Waals surface area (Å²) in [5.74, 6) is -1.14. The zero-order chi connectivity index (χ0) is 23.7. The predicted molar refractivity (Wildman–Crippen MR) is 123 cm³/mol. The molecule has 0 spiro atoms. The van der Waals surface area contributed by atoms with Gasteiger partial charge in [0.15, 0.2) is 0 Å². The van der Waals surface area contributed by atoms with E-state index >= 15 is 0 Å². The molecule has 1 heterocycles. The van der Waals surface area contributed by atoms with Crippen LogP contribution in [0.4, 0.5) is 4.79 Å². The standard InChI is InChI=1S/C26H28N2O6/c29-24(30)12-17-14-33-10-9-28(17)25(31)22-11-16(22)13-27-26(32)34-15-23-20-7-3-1-5-18(20)19-6-2-4-8-21(19)23/h1-8,16-17,22-23H,9-15H2,(H,27,32)(H,29,30). The summed E-state index contributed by atoms with van der Waals surface area (Å²) in [6.07, 6.45) is 0.0657. The first-order chi connectivity index (χ1) is 16.5. The third-order valence-corrected chi connectivity index (χ3v) is 7.01. The molecule has 0 radical (unpaired) electrons. The van der Waals surface area contributed by atoms with Crippen molar-refractivity contribution in [3.8, 4) is 11.1 Å². The first kappa shape index (κ1) is 22.4. The van der Waals surface area contributed by atoms with Crippen LogP contribution in [0.15, 0.2) is 48.5 Å². The largest absolute Gasteiger partial charge is 0.481 e. The molecule has 2 N–H and O–H groups in total. The first-order valence-corrected chi connectivity index (χ1v) is 11.7. The molecule has 3 atom stereocenters. The molecular formula is C26H28N2O6. The second kappa shape index (κ2) is 9.46. The van der Waals surface area contributed by atoms with E-state index in [1.165, 1.54) is 11.1 Å². The molecule has 34 heavy (non-hydrogen) atoms. The summed E-state index contributed by atoms with van der Waals surface area (Å²) in [5.41, 5.74) is 4.67. The maximum Gasteiger partial charge on any atom is 0.407 e. The topological polar surface area (TPSA) is 105 Å². The summed E-state index contributed by atoms with van der Waals surface area (Å²) in [4.78, 5) is 38.0. The lowest BCUT2D eigenvalue weighted by molar-refractivity contribution is -0.147. The Morgan fingerprint density at radius 3 is 2.41 bits per heavy atom. The highest BCUT2D eigenvalue weighted by Crippen LogP contribution is 2.44. The number of hydrogen-bond donors (Lipinski definition) is 2. The van der Waals surface area contributed by atoms with Crippen LogP contribution in [0.3, 0.4) is 0 Å². The van der Waals surface area contributed by atoms with Crippen LogP contribution in [-0.4, -0.2) is 66.9 Å². The molecule has 3 aliphatic rings.